The highest BCUT2D eigenvalue weighted by Crippen LogP contribution is 2.29. The molecule has 0 saturated carbocycles. The van der Waals surface area contributed by atoms with Crippen molar-refractivity contribution in [3.05, 3.63) is 70.7 Å². The Labute approximate surface area is 181 Å². The highest BCUT2D eigenvalue weighted by Gasteiger charge is 2.20. The summed E-state index contributed by atoms with van der Waals surface area (Å²) in [5.74, 6) is 0.598. The molecule has 3 aromatic heterocycles. The minimum absolute atomic E-state index is 0.0346. The Bertz CT molecular complexity index is 1210. The Morgan fingerprint density at radius 2 is 1.84 bits per heavy atom. The zero-order valence-electron chi connectivity index (χ0n) is 18.3. The summed E-state index contributed by atoms with van der Waals surface area (Å²) in [4.78, 5) is 17.3. The number of aromatic nitrogens is 7. The number of aromatic amines is 1. The van der Waals surface area contributed by atoms with Crippen LogP contribution in [0.1, 0.15) is 45.4 Å². The van der Waals surface area contributed by atoms with Crippen LogP contribution in [-0.4, -0.2) is 34.7 Å². The summed E-state index contributed by atoms with van der Waals surface area (Å²) in [5.41, 5.74) is 4.76. The van der Waals surface area contributed by atoms with Crippen LogP contribution < -0.4 is 5.69 Å². The van der Waals surface area contributed by atoms with Crippen molar-refractivity contribution in [1.29, 1.82) is 0 Å². The van der Waals surface area contributed by atoms with E-state index in [0.29, 0.717) is 12.4 Å². The fraction of sp³-hybridized carbons (Fsp3) is 0.348. The van der Waals surface area contributed by atoms with E-state index in [-0.39, 0.29) is 11.2 Å². The largest absolute Gasteiger partial charge is 0.329 e. The van der Waals surface area contributed by atoms with Crippen molar-refractivity contribution in [2.24, 2.45) is 0 Å². The van der Waals surface area contributed by atoms with Gasteiger partial charge in [-0.3, -0.25) is 14.1 Å². The molecule has 0 atom stereocenters. The second-order valence-electron chi connectivity index (χ2n) is 8.65. The third-order valence-electron chi connectivity index (χ3n) is 5.32. The Hall–Kier alpha value is -3.55. The van der Waals surface area contributed by atoms with Crippen LogP contribution in [0.2, 0.25) is 0 Å². The summed E-state index contributed by atoms with van der Waals surface area (Å²) >= 11 is 0. The van der Waals surface area contributed by atoms with Gasteiger partial charge in [0, 0.05) is 41.0 Å². The number of benzene rings is 1. The minimum atomic E-state index is -0.249. The molecule has 1 aromatic carbocycles. The number of pyridine rings is 1. The highest BCUT2D eigenvalue weighted by molar-refractivity contribution is 5.79. The maximum atomic E-state index is 13.1. The van der Waals surface area contributed by atoms with Crippen molar-refractivity contribution in [2.45, 2.75) is 52.6 Å². The monoisotopic (exact) mass is 417 g/mol. The summed E-state index contributed by atoms with van der Waals surface area (Å²) in [6.45, 7) is 8.84. The number of aryl methyl sites for hydroxylation is 1. The number of nitrogens with one attached hydrogen (secondary N) is 1. The first-order valence-electron chi connectivity index (χ1n) is 10.5. The Kier molecular flexibility index (Phi) is 5.54. The molecule has 0 spiro atoms. The molecule has 0 amide bonds. The molecule has 0 aliphatic carbocycles. The average Bonchev–Trinajstić information content (AvgIpc) is 3.39. The van der Waals surface area contributed by atoms with Crippen molar-refractivity contribution in [2.75, 3.05) is 0 Å². The van der Waals surface area contributed by atoms with Gasteiger partial charge in [-0.05, 0) is 54.8 Å². The molecule has 8 nitrogen and oxygen atoms in total. The predicted octanol–water partition coefficient (Wildman–Crippen LogP) is 3.65. The molecule has 0 bridgehead atoms. The van der Waals surface area contributed by atoms with Gasteiger partial charge in [-0.1, -0.05) is 37.6 Å². The van der Waals surface area contributed by atoms with E-state index in [0.717, 1.165) is 40.8 Å². The number of rotatable bonds is 6. The van der Waals surface area contributed by atoms with Crippen LogP contribution in [0.3, 0.4) is 0 Å². The van der Waals surface area contributed by atoms with Gasteiger partial charge in [0.05, 0.1) is 6.54 Å². The zero-order chi connectivity index (χ0) is 22.0. The smallest absolute Gasteiger partial charge is 0.294 e. The Morgan fingerprint density at radius 3 is 2.48 bits per heavy atom. The van der Waals surface area contributed by atoms with E-state index in [9.17, 15) is 4.79 Å². The van der Waals surface area contributed by atoms with Gasteiger partial charge in [0.25, 0.3) is 0 Å². The molecule has 4 rings (SSSR count). The third-order valence-corrected chi connectivity index (χ3v) is 5.32. The molecule has 31 heavy (non-hydrogen) atoms. The summed E-state index contributed by atoms with van der Waals surface area (Å²) < 4.78 is 3.72. The summed E-state index contributed by atoms with van der Waals surface area (Å²) in [7, 11) is 0. The number of nitrogens with zero attached hydrogens (tertiary/aromatic N) is 6. The first-order valence-corrected chi connectivity index (χ1v) is 10.5. The molecule has 0 fully saturated rings. The van der Waals surface area contributed by atoms with E-state index < -0.39 is 0 Å². The second kappa shape index (κ2) is 8.29. The van der Waals surface area contributed by atoms with Gasteiger partial charge in [0.1, 0.15) is 0 Å². The molecular weight excluding hydrogens is 390 g/mol. The normalized spacial score (nSPS) is 11.7. The van der Waals surface area contributed by atoms with E-state index >= 15 is 0 Å². The fourth-order valence-electron chi connectivity index (χ4n) is 3.71. The van der Waals surface area contributed by atoms with E-state index in [1.54, 1.807) is 12.4 Å². The van der Waals surface area contributed by atoms with Gasteiger partial charge in [-0.2, -0.15) is 0 Å². The van der Waals surface area contributed by atoms with E-state index in [1.165, 1.54) is 0 Å². The van der Waals surface area contributed by atoms with Crippen molar-refractivity contribution in [3.63, 3.8) is 0 Å². The zero-order valence-corrected chi connectivity index (χ0v) is 18.3. The van der Waals surface area contributed by atoms with Crippen LogP contribution in [-0.2, 0) is 18.5 Å². The topological polar surface area (TPSA) is 94.3 Å². The number of hydrogen-bond donors (Lipinski definition) is 1. The maximum absolute atomic E-state index is 13.1. The van der Waals surface area contributed by atoms with Crippen LogP contribution in [0.5, 0.6) is 0 Å². The quantitative estimate of drug-likeness (QED) is 0.517. The SMILES string of the molecule is CCCc1cn(C(C)(C)C)c(=O)n1Cc1ccc(-c2cnccc2-c2nnn[nH]2)cc1. The first kappa shape index (κ1) is 20.7. The fourth-order valence-corrected chi connectivity index (χ4v) is 3.71. The lowest BCUT2D eigenvalue weighted by Crippen LogP contribution is -2.34. The summed E-state index contributed by atoms with van der Waals surface area (Å²) in [5, 5.41) is 14.2. The van der Waals surface area contributed by atoms with Gasteiger partial charge in [0.15, 0.2) is 5.82 Å². The molecule has 1 N–H and O–H groups in total. The molecule has 0 radical (unpaired) electrons. The van der Waals surface area contributed by atoms with Crippen LogP contribution in [0.25, 0.3) is 22.5 Å². The predicted molar refractivity (Wildman–Crippen MR) is 120 cm³/mol. The van der Waals surface area contributed by atoms with Crippen LogP contribution in [0.4, 0.5) is 0 Å². The molecule has 0 aliphatic rings. The van der Waals surface area contributed by atoms with Gasteiger partial charge < -0.3 is 0 Å². The van der Waals surface area contributed by atoms with Crippen molar-refractivity contribution in [3.8, 4) is 22.5 Å². The van der Waals surface area contributed by atoms with Crippen molar-refractivity contribution >= 4 is 0 Å². The van der Waals surface area contributed by atoms with Gasteiger partial charge >= 0.3 is 5.69 Å². The Morgan fingerprint density at radius 1 is 1.06 bits per heavy atom. The number of H-pyrrole nitrogens is 1. The number of imidazole rings is 1. The third kappa shape index (κ3) is 4.19. The molecular formula is C23H27N7O. The highest BCUT2D eigenvalue weighted by atomic mass is 16.1. The van der Waals surface area contributed by atoms with Gasteiger partial charge in [-0.25, -0.2) is 9.89 Å². The van der Waals surface area contributed by atoms with Crippen molar-refractivity contribution < 1.29 is 0 Å². The Balaban J connectivity index is 1.66. The second-order valence-corrected chi connectivity index (χ2v) is 8.65. The van der Waals surface area contributed by atoms with Crippen LogP contribution in [0.15, 0.2) is 53.7 Å². The van der Waals surface area contributed by atoms with Gasteiger partial charge in [0.2, 0.25) is 0 Å². The molecule has 3 heterocycles. The van der Waals surface area contributed by atoms with Crippen molar-refractivity contribution in [1.82, 2.24) is 34.7 Å². The number of tetrazole rings is 1. The lowest BCUT2D eigenvalue weighted by Gasteiger charge is -2.19. The molecule has 0 saturated heterocycles. The average molecular weight is 418 g/mol. The standard InChI is InChI=1S/C23H27N7O/c1-5-6-18-15-30(23(2,3)4)22(31)29(18)14-16-7-9-17(10-8-16)20-13-24-12-11-19(20)21-25-27-28-26-21/h7-13,15H,5-6,14H2,1-4H3,(H,25,26,27,28). The molecule has 8 heteroatoms. The van der Waals surface area contributed by atoms with E-state index in [4.69, 9.17) is 0 Å². The number of hydrogen-bond acceptors (Lipinski definition) is 5. The van der Waals surface area contributed by atoms with E-state index in [2.05, 4.69) is 65.4 Å². The van der Waals surface area contributed by atoms with Crippen LogP contribution >= 0.6 is 0 Å². The minimum Gasteiger partial charge on any atom is -0.294 e. The lowest BCUT2D eigenvalue weighted by molar-refractivity contribution is 0.380. The molecule has 0 unspecified atom stereocenters. The van der Waals surface area contributed by atoms with Gasteiger partial charge in [-0.15, -0.1) is 5.10 Å². The molecule has 160 valence electrons. The first-order chi connectivity index (χ1) is 14.9. The summed E-state index contributed by atoms with van der Waals surface area (Å²) in [6.07, 6.45) is 7.40. The van der Waals surface area contributed by atoms with E-state index in [1.807, 2.05) is 33.5 Å². The lowest BCUT2D eigenvalue weighted by atomic mass is 10.0. The van der Waals surface area contributed by atoms with Crippen LogP contribution in [0, 0.1) is 0 Å². The maximum Gasteiger partial charge on any atom is 0.329 e. The molecule has 0 aliphatic heterocycles. The summed E-state index contributed by atoms with van der Waals surface area (Å²) in [6, 6.07) is 10.1. The molecule has 4 aromatic rings.